The van der Waals surface area contributed by atoms with Gasteiger partial charge in [-0.15, -0.1) is 0 Å². The predicted molar refractivity (Wildman–Crippen MR) is 153 cm³/mol. The first-order valence-corrected chi connectivity index (χ1v) is 14.3. The molecular formula is C27H34Cl2F3N7O2. The molecule has 1 aromatic carbocycles. The van der Waals surface area contributed by atoms with Crippen LogP contribution in [0.3, 0.4) is 0 Å². The van der Waals surface area contributed by atoms with E-state index in [1.54, 1.807) is 25.1 Å². The van der Waals surface area contributed by atoms with E-state index in [1.807, 2.05) is 4.90 Å². The van der Waals surface area contributed by atoms with Crippen molar-refractivity contribution in [3.63, 3.8) is 0 Å². The van der Waals surface area contributed by atoms with Crippen LogP contribution < -0.4 is 10.2 Å². The maximum atomic E-state index is 13.9. The number of hydrogen-bond donors (Lipinski definition) is 1. The second-order valence-corrected chi connectivity index (χ2v) is 11.1. The van der Waals surface area contributed by atoms with Gasteiger partial charge in [-0.05, 0) is 56.5 Å². The molecule has 1 aliphatic heterocycles. The van der Waals surface area contributed by atoms with Gasteiger partial charge in [-0.2, -0.15) is 18.3 Å². The van der Waals surface area contributed by atoms with Crippen LogP contribution >= 0.6 is 23.2 Å². The molecule has 1 saturated heterocycles. The summed E-state index contributed by atoms with van der Waals surface area (Å²) in [5, 5.41) is 7.36. The third-order valence-corrected chi connectivity index (χ3v) is 7.85. The number of alkyl carbamates (subject to hydrolysis) is 1. The van der Waals surface area contributed by atoms with Crippen LogP contribution in [0, 0.1) is 5.92 Å². The summed E-state index contributed by atoms with van der Waals surface area (Å²) in [6.07, 6.45) is -0.655. The number of fused-ring (bicyclic) bond motifs is 1. The van der Waals surface area contributed by atoms with Crippen LogP contribution in [0.4, 0.5) is 23.8 Å². The van der Waals surface area contributed by atoms with Crippen molar-refractivity contribution < 1.29 is 22.7 Å². The second-order valence-electron chi connectivity index (χ2n) is 10.2. The van der Waals surface area contributed by atoms with Crippen LogP contribution in [-0.4, -0.2) is 77.1 Å². The summed E-state index contributed by atoms with van der Waals surface area (Å²) in [6.45, 7) is 8.36. The fourth-order valence-corrected chi connectivity index (χ4v) is 5.46. The molecule has 0 saturated carbocycles. The van der Waals surface area contributed by atoms with Crippen molar-refractivity contribution in [2.24, 2.45) is 5.92 Å². The molecule has 3 heterocycles. The Bertz CT molecular complexity index is 1350. The van der Waals surface area contributed by atoms with Gasteiger partial charge in [0.05, 0.1) is 19.3 Å². The molecule has 0 radical (unpaired) electrons. The highest BCUT2D eigenvalue weighted by Crippen LogP contribution is 2.37. The third kappa shape index (κ3) is 7.52. The normalized spacial score (nSPS) is 14.9. The molecule has 14 heteroatoms. The number of carbonyl (C=O) groups excluding carboxylic acids is 1. The van der Waals surface area contributed by atoms with E-state index in [1.165, 1.54) is 18.0 Å². The number of benzene rings is 1. The van der Waals surface area contributed by atoms with Crippen molar-refractivity contribution in [2.45, 2.75) is 45.3 Å². The zero-order valence-corrected chi connectivity index (χ0v) is 24.7. The zero-order chi connectivity index (χ0) is 29.7. The van der Waals surface area contributed by atoms with Crippen molar-refractivity contribution in [3.05, 3.63) is 45.7 Å². The molecule has 1 atom stereocenters. The SMILES string of the molecule is CCCCN(CCNC(=O)OC)CCC1CN(c2cnc3c(C(F)(F)F)nn(C(C)c4ccc(Cl)cc4Cl)c3n2)C1. The molecule has 1 N–H and O–H groups in total. The number of nitrogens with one attached hydrogen (secondary N) is 1. The van der Waals surface area contributed by atoms with E-state index in [2.05, 4.69) is 36.9 Å². The van der Waals surface area contributed by atoms with E-state index >= 15 is 0 Å². The average Bonchev–Trinajstić information content (AvgIpc) is 3.29. The molecule has 224 valence electrons. The Morgan fingerprint density at radius 2 is 2.00 bits per heavy atom. The van der Waals surface area contributed by atoms with Gasteiger partial charge < -0.3 is 19.9 Å². The number of hydrogen-bond acceptors (Lipinski definition) is 7. The molecule has 1 amide bonds. The zero-order valence-electron chi connectivity index (χ0n) is 23.2. The predicted octanol–water partition coefficient (Wildman–Crippen LogP) is 6.05. The molecule has 1 aliphatic rings. The molecule has 0 bridgehead atoms. The molecule has 0 spiro atoms. The first-order chi connectivity index (χ1) is 19.5. The van der Waals surface area contributed by atoms with Crippen molar-refractivity contribution in [2.75, 3.05) is 51.3 Å². The molecule has 1 unspecified atom stereocenters. The molecule has 4 rings (SSSR count). The Morgan fingerprint density at radius 1 is 1.24 bits per heavy atom. The quantitative estimate of drug-likeness (QED) is 0.265. The number of alkyl halides is 3. The second kappa shape index (κ2) is 13.4. The summed E-state index contributed by atoms with van der Waals surface area (Å²) in [4.78, 5) is 24.4. The summed E-state index contributed by atoms with van der Waals surface area (Å²) < 4.78 is 47.4. The van der Waals surface area contributed by atoms with E-state index in [9.17, 15) is 18.0 Å². The lowest BCUT2D eigenvalue weighted by Gasteiger charge is -2.41. The van der Waals surface area contributed by atoms with E-state index in [-0.39, 0.29) is 11.2 Å². The molecule has 3 aromatic rings. The number of rotatable bonds is 12. The lowest BCUT2D eigenvalue weighted by molar-refractivity contribution is -0.140. The fourth-order valence-electron chi connectivity index (χ4n) is 4.90. The number of ether oxygens (including phenoxy) is 1. The van der Waals surface area contributed by atoms with Crippen LogP contribution in [0.25, 0.3) is 11.2 Å². The smallest absolute Gasteiger partial charge is 0.437 e. The third-order valence-electron chi connectivity index (χ3n) is 7.28. The summed E-state index contributed by atoms with van der Waals surface area (Å²) in [6, 6.07) is 4.20. The van der Waals surface area contributed by atoms with Crippen LogP contribution in [0.5, 0.6) is 0 Å². The van der Waals surface area contributed by atoms with E-state index in [0.29, 0.717) is 33.9 Å². The first-order valence-electron chi connectivity index (χ1n) is 13.6. The minimum absolute atomic E-state index is 0.0423. The van der Waals surface area contributed by atoms with Gasteiger partial charge in [0.1, 0.15) is 11.3 Å². The standard InChI is InChI=1S/C27H34Cl2F3N7O2/c1-4-5-10-37(12-9-33-26(40)41-3)11-8-18-15-38(16-18)22-14-34-23-24(27(30,31)32)36-39(25(23)35-22)17(2)20-7-6-19(28)13-21(20)29/h6-7,13-14,17-18H,4-5,8-12,15-16H2,1-3H3,(H,33,40). The number of anilines is 1. The lowest BCUT2D eigenvalue weighted by atomic mass is 9.96. The number of halogens is 5. The van der Waals surface area contributed by atoms with Gasteiger partial charge in [0.25, 0.3) is 0 Å². The molecule has 1 fully saturated rings. The lowest BCUT2D eigenvalue weighted by Crippen LogP contribution is -2.48. The number of aromatic nitrogens is 4. The maximum absolute atomic E-state index is 13.9. The summed E-state index contributed by atoms with van der Waals surface area (Å²) in [7, 11) is 1.34. The minimum Gasteiger partial charge on any atom is -0.453 e. The highest BCUT2D eigenvalue weighted by atomic mass is 35.5. The number of nitrogens with zero attached hydrogens (tertiary/aromatic N) is 6. The van der Waals surface area contributed by atoms with Crippen molar-refractivity contribution >= 4 is 46.3 Å². The summed E-state index contributed by atoms with van der Waals surface area (Å²) >= 11 is 12.4. The van der Waals surface area contributed by atoms with E-state index in [4.69, 9.17) is 23.2 Å². The van der Waals surface area contributed by atoms with Crippen molar-refractivity contribution in [1.82, 2.24) is 30.0 Å². The van der Waals surface area contributed by atoms with Gasteiger partial charge in [0.2, 0.25) is 0 Å². The van der Waals surface area contributed by atoms with Crippen molar-refractivity contribution in [1.29, 1.82) is 0 Å². The number of unbranched alkanes of at least 4 members (excludes halogenated alkanes) is 1. The summed E-state index contributed by atoms with van der Waals surface area (Å²) in [5.41, 5.74) is -0.776. The Labute approximate surface area is 246 Å². The molecular weight excluding hydrogens is 582 g/mol. The summed E-state index contributed by atoms with van der Waals surface area (Å²) in [5.74, 6) is 0.913. The molecule has 41 heavy (non-hydrogen) atoms. The van der Waals surface area contributed by atoms with Gasteiger partial charge in [0, 0.05) is 36.2 Å². The molecule has 0 aliphatic carbocycles. The highest BCUT2D eigenvalue weighted by molar-refractivity contribution is 6.35. The average molecular weight is 617 g/mol. The van der Waals surface area contributed by atoms with Gasteiger partial charge in [-0.25, -0.2) is 19.4 Å². The van der Waals surface area contributed by atoms with Crippen LogP contribution in [0.1, 0.15) is 50.4 Å². The Morgan fingerprint density at radius 3 is 2.66 bits per heavy atom. The van der Waals surface area contributed by atoms with Gasteiger partial charge in [-0.3, -0.25) is 0 Å². The highest BCUT2D eigenvalue weighted by Gasteiger charge is 2.39. The number of amides is 1. The van der Waals surface area contributed by atoms with E-state index in [0.717, 1.165) is 52.0 Å². The van der Waals surface area contributed by atoms with Crippen LogP contribution in [0.15, 0.2) is 24.4 Å². The van der Waals surface area contributed by atoms with Crippen molar-refractivity contribution in [3.8, 4) is 0 Å². The first kappa shape index (κ1) is 31.1. The fraction of sp³-hybridized carbons (Fsp3) is 0.556. The maximum Gasteiger partial charge on any atom is 0.437 e. The number of carbonyl (C=O) groups is 1. The van der Waals surface area contributed by atoms with Crippen LogP contribution in [0.2, 0.25) is 10.0 Å². The monoisotopic (exact) mass is 615 g/mol. The van der Waals surface area contributed by atoms with Gasteiger partial charge in [0.15, 0.2) is 11.3 Å². The topological polar surface area (TPSA) is 88.4 Å². The number of methoxy groups -OCH3 is 1. The Kier molecular flexibility index (Phi) is 10.2. The minimum atomic E-state index is -4.69. The molecule has 9 nitrogen and oxygen atoms in total. The van der Waals surface area contributed by atoms with Gasteiger partial charge in [-0.1, -0.05) is 42.6 Å². The Hall–Kier alpha value is -2.83. The van der Waals surface area contributed by atoms with Crippen LogP contribution in [-0.2, 0) is 10.9 Å². The molecule has 2 aromatic heterocycles. The largest absolute Gasteiger partial charge is 0.453 e. The van der Waals surface area contributed by atoms with Gasteiger partial charge >= 0.3 is 12.3 Å². The Balaban J connectivity index is 1.46. The van der Waals surface area contributed by atoms with E-state index < -0.39 is 24.0 Å².